The molecule has 0 N–H and O–H groups in total. The van der Waals surface area contributed by atoms with Crippen LogP contribution in [0, 0.1) is 0 Å². The predicted octanol–water partition coefficient (Wildman–Crippen LogP) is 6.36. The van der Waals surface area contributed by atoms with Gasteiger partial charge < -0.3 is 0 Å². The summed E-state index contributed by atoms with van der Waals surface area (Å²) in [6, 6.07) is 15.1. The van der Waals surface area contributed by atoms with E-state index in [1.807, 2.05) is 18.2 Å². The van der Waals surface area contributed by atoms with Crippen molar-refractivity contribution >= 4 is 11.6 Å². The Balaban J connectivity index is 2.16. The van der Waals surface area contributed by atoms with Crippen molar-refractivity contribution < 1.29 is 0 Å². The summed E-state index contributed by atoms with van der Waals surface area (Å²) in [6.07, 6.45) is 2.50. The van der Waals surface area contributed by atoms with Crippen molar-refractivity contribution in [2.75, 3.05) is 0 Å². The van der Waals surface area contributed by atoms with Crippen LogP contribution in [-0.4, -0.2) is 0 Å². The standard InChI is InChI=1S/C20H23Cl/c1-19(2)10-11-20(3,4)18-13-15(8-9-17(18)19)14-6-5-7-16(21)12-14/h5-9,12-13H,10-11H2,1-4H3. The number of hydrogen-bond donors (Lipinski definition) is 0. The zero-order chi connectivity index (χ0) is 15.3. The fourth-order valence-electron chi connectivity index (χ4n) is 3.44. The molecule has 0 unspecified atom stereocenters. The molecule has 1 aliphatic rings. The van der Waals surface area contributed by atoms with Crippen molar-refractivity contribution in [2.24, 2.45) is 0 Å². The first-order chi connectivity index (χ1) is 9.79. The summed E-state index contributed by atoms with van der Waals surface area (Å²) in [5.41, 5.74) is 5.99. The highest BCUT2D eigenvalue weighted by atomic mass is 35.5. The fraction of sp³-hybridized carbons (Fsp3) is 0.400. The molecule has 0 fully saturated rings. The maximum Gasteiger partial charge on any atom is 0.0412 e. The molecule has 110 valence electrons. The summed E-state index contributed by atoms with van der Waals surface area (Å²) in [5.74, 6) is 0. The minimum absolute atomic E-state index is 0.249. The van der Waals surface area contributed by atoms with Crippen LogP contribution in [0.25, 0.3) is 11.1 Å². The molecular weight excluding hydrogens is 276 g/mol. The van der Waals surface area contributed by atoms with Gasteiger partial charge in [0.1, 0.15) is 0 Å². The number of hydrogen-bond acceptors (Lipinski definition) is 0. The Morgan fingerprint density at radius 1 is 0.762 bits per heavy atom. The second kappa shape index (κ2) is 4.88. The Bertz CT molecular complexity index is 680. The summed E-state index contributed by atoms with van der Waals surface area (Å²) in [7, 11) is 0. The quantitative estimate of drug-likeness (QED) is 0.575. The molecule has 0 amide bonds. The Hall–Kier alpha value is -1.27. The van der Waals surface area contributed by atoms with Crippen molar-refractivity contribution in [1.29, 1.82) is 0 Å². The van der Waals surface area contributed by atoms with Gasteiger partial charge in [-0.1, -0.05) is 69.6 Å². The smallest absolute Gasteiger partial charge is 0.0412 e. The summed E-state index contributed by atoms with van der Waals surface area (Å²) in [6.45, 7) is 9.45. The van der Waals surface area contributed by atoms with Gasteiger partial charge in [0.2, 0.25) is 0 Å². The molecule has 1 heteroatoms. The zero-order valence-corrected chi connectivity index (χ0v) is 14.1. The molecule has 0 aliphatic heterocycles. The van der Waals surface area contributed by atoms with E-state index in [0.29, 0.717) is 0 Å². The molecule has 21 heavy (non-hydrogen) atoms. The summed E-state index contributed by atoms with van der Waals surface area (Å²) in [4.78, 5) is 0. The third kappa shape index (κ3) is 2.62. The third-order valence-corrected chi connectivity index (χ3v) is 5.25. The molecule has 1 aliphatic carbocycles. The number of rotatable bonds is 1. The lowest BCUT2D eigenvalue weighted by Crippen LogP contribution is -2.33. The number of fused-ring (bicyclic) bond motifs is 1. The van der Waals surface area contributed by atoms with E-state index in [1.54, 1.807) is 0 Å². The summed E-state index contributed by atoms with van der Waals surface area (Å²) >= 11 is 6.14. The van der Waals surface area contributed by atoms with E-state index in [2.05, 4.69) is 52.0 Å². The van der Waals surface area contributed by atoms with Gasteiger partial charge in [0.05, 0.1) is 0 Å². The van der Waals surface area contributed by atoms with Crippen molar-refractivity contribution in [3.05, 3.63) is 58.6 Å². The van der Waals surface area contributed by atoms with Gasteiger partial charge in [0.25, 0.3) is 0 Å². The molecule has 0 radical (unpaired) electrons. The monoisotopic (exact) mass is 298 g/mol. The van der Waals surface area contributed by atoms with Gasteiger partial charge in [-0.25, -0.2) is 0 Å². The largest absolute Gasteiger partial charge is 0.0843 e. The fourth-order valence-corrected chi connectivity index (χ4v) is 3.63. The molecule has 0 nitrogen and oxygen atoms in total. The van der Waals surface area contributed by atoms with Gasteiger partial charge in [0.15, 0.2) is 0 Å². The molecule has 0 saturated heterocycles. The lowest BCUT2D eigenvalue weighted by molar-refractivity contribution is 0.332. The molecule has 2 aromatic carbocycles. The lowest BCUT2D eigenvalue weighted by Gasteiger charge is -2.42. The average Bonchev–Trinajstić information content (AvgIpc) is 2.44. The first kappa shape index (κ1) is 14.7. The van der Waals surface area contributed by atoms with Gasteiger partial charge in [-0.2, -0.15) is 0 Å². The zero-order valence-electron chi connectivity index (χ0n) is 13.3. The van der Waals surface area contributed by atoms with E-state index >= 15 is 0 Å². The van der Waals surface area contributed by atoms with Crippen LogP contribution in [0.5, 0.6) is 0 Å². The minimum atomic E-state index is 0.249. The van der Waals surface area contributed by atoms with Crippen LogP contribution in [0.3, 0.4) is 0 Å². The van der Waals surface area contributed by atoms with Crippen LogP contribution in [-0.2, 0) is 10.8 Å². The van der Waals surface area contributed by atoms with Crippen LogP contribution >= 0.6 is 11.6 Å². The van der Waals surface area contributed by atoms with Gasteiger partial charge >= 0.3 is 0 Å². The maximum absolute atomic E-state index is 6.14. The van der Waals surface area contributed by atoms with Gasteiger partial charge in [-0.05, 0) is 58.1 Å². The van der Waals surface area contributed by atoms with Gasteiger partial charge in [-0.3, -0.25) is 0 Å². The third-order valence-electron chi connectivity index (χ3n) is 5.01. The normalized spacial score (nSPS) is 19.1. The van der Waals surface area contributed by atoms with E-state index in [1.165, 1.54) is 35.1 Å². The van der Waals surface area contributed by atoms with Crippen molar-refractivity contribution in [3.63, 3.8) is 0 Å². The van der Waals surface area contributed by atoms with Crippen molar-refractivity contribution in [1.82, 2.24) is 0 Å². The molecular formula is C20H23Cl. The molecule has 0 atom stereocenters. The first-order valence-corrected chi connectivity index (χ1v) is 8.08. The first-order valence-electron chi connectivity index (χ1n) is 7.71. The molecule has 0 saturated carbocycles. The van der Waals surface area contributed by atoms with E-state index in [0.717, 1.165) is 5.02 Å². The Morgan fingerprint density at radius 3 is 2.05 bits per heavy atom. The number of halogens is 1. The molecule has 0 heterocycles. The second-order valence-electron chi connectivity index (χ2n) is 7.54. The van der Waals surface area contributed by atoms with Crippen LogP contribution < -0.4 is 0 Å². The molecule has 3 rings (SSSR count). The van der Waals surface area contributed by atoms with E-state index in [-0.39, 0.29) is 10.8 Å². The van der Waals surface area contributed by atoms with Crippen molar-refractivity contribution in [2.45, 2.75) is 51.4 Å². The summed E-state index contributed by atoms with van der Waals surface area (Å²) < 4.78 is 0. The Kier molecular flexibility index (Phi) is 3.41. The molecule has 0 bridgehead atoms. The second-order valence-corrected chi connectivity index (χ2v) is 7.97. The predicted molar refractivity (Wildman–Crippen MR) is 92.2 cm³/mol. The van der Waals surface area contributed by atoms with Crippen LogP contribution in [0.1, 0.15) is 51.7 Å². The van der Waals surface area contributed by atoms with Crippen LogP contribution in [0.4, 0.5) is 0 Å². The topological polar surface area (TPSA) is 0 Å². The molecule has 0 aromatic heterocycles. The van der Waals surface area contributed by atoms with Crippen LogP contribution in [0.2, 0.25) is 5.02 Å². The highest BCUT2D eigenvalue weighted by Gasteiger charge is 2.36. The average molecular weight is 299 g/mol. The van der Waals surface area contributed by atoms with Crippen LogP contribution in [0.15, 0.2) is 42.5 Å². The molecule has 2 aromatic rings. The number of benzene rings is 2. The van der Waals surface area contributed by atoms with Gasteiger partial charge in [-0.15, -0.1) is 0 Å². The SMILES string of the molecule is CC1(C)CCC(C)(C)c2cc(-c3cccc(Cl)c3)ccc21. The Labute approximate surface area is 133 Å². The van der Waals surface area contributed by atoms with E-state index in [9.17, 15) is 0 Å². The Morgan fingerprint density at radius 2 is 1.38 bits per heavy atom. The maximum atomic E-state index is 6.14. The molecule has 0 spiro atoms. The lowest BCUT2D eigenvalue weighted by atomic mass is 9.63. The van der Waals surface area contributed by atoms with Gasteiger partial charge in [0, 0.05) is 5.02 Å². The summed E-state index contributed by atoms with van der Waals surface area (Å²) in [5, 5.41) is 0.796. The van der Waals surface area contributed by atoms with Crippen molar-refractivity contribution in [3.8, 4) is 11.1 Å². The van der Waals surface area contributed by atoms with E-state index < -0.39 is 0 Å². The highest BCUT2D eigenvalue weighted by Crippen LogP contribution is 2.46. The van der Waals surface area contributed by atoms with E-state index in [4.69, 9.17) is 11.6 Å². The minimum Gasteiger partial charge on any atom is -0.0843 e. The highest BCUT2D eigenvalue weighted by molar-refractivity contribution is 6.30.